The van der Waals surface area contributed by atoms with Crippen LogP contribution in [0, 0.1) is 12.7 Å². The molecule has 0 aliphatic carbocycles. The maximum Gasteiger partial charge on any atom is 0.228 e. The van der Waals surface area contributed by atoms with Crippen LogP contribution in [0.2, 0.25) is 0 Å². The van der Waals surface area contributed by atoms with Crippen molar-refractivity contribution >= 4 is 11.6 Å². The predicted molar refractivity (Wildman–Crippen MR) is 82.2 cm³/mol. The molecule has 22 heavy (non-hydrogen) atoms. The number of H-pyrrole nitrogens is 1. The highest BCUT2D eigenvalue weighted by molar-refractivity contribution is 5.78. The van der Waals surface area contributed by atoms with Gasteiger partial charge in [0.2, 0.25) is 5.91 Å². The minimum absolute atomic E-state index is 0.0692. The molecule has 1 aliphatic rings. The molecule has 0 spiro atoms. The highest BCUT2D eigenvalue weighted by Crippen LogP contribution is 2.20. The second-order valence-corrected chi connectivity index (χ2v) is 5.54. The summed E-state index contributed by atoms with van der Waals surface area (Å²) in [5.41, 5.74) is 2.32. The molecule has 2 heterocycles. The van der Waals surface area contributed by atoms with Crippen LogP contribution in [0.1, 0.15) is 11.4 Å². The molecule has 1 aliphatic heterocycles. The van der Waals surface area contributed by atoms with Gasteiger partial charge in [-0.3, -0.25) is 9.89 Å². The summed E-state index contributed by atoms with van der Waals surface area (Å²) in [4.78, 5) is 16.1. The number of anilines is 1. The third-order valence-corrected chi connectivity index (χ3v) is 3.92. The Bertz CT molecular complexity index is 662. The molecule has 1 N–H and O–H groups in total. The topological polar surface area (TPSA) is 52.2 Å². The van der Waals surface area contributed by atoms with E-state index in [9.17, 15) is 9.18 Å². The number of piperazine rings is 1. The van der Waals surface area contributed by atoms with E-state index in [0.29, 0.717) is 38.3 Å². The van der Waals surface area contributed by atoms with Crippen molar-refractivity contribution in [2.75, 3.05) is 31.1 Å². The first kappa shape index (κ1) is 14.6. The molecule has 0 saturated carbocycles. The van der Waals surface area contributed by atoms with Crippen molar-refractivity contribution in [3.05, 3.63) is 47.5 Å². The van der Waals surface area contributed by atoms with Crippen molar-refractivity contribution in [2.45, 2.75) is 13.3 Å². The lowest BCUT2D eigenvalue weighted by Crippen LogP contribution is -2.49. The Morgan fingerprint density at radius 2 is 2.00 bits per heavy atom. The number of aromatic nitrogens is 2. The number of hydrogen-bond acceptors (Lipinski definition) is 3. The van der Waals surface area contributed by atoms with Gasteiger partial charge in [0.1, 0.15) is 5.82 Å². The minimum Gasteiger partial charge on any atom is -0.366 e. The van der Waals surface area contributed by atoms with Crippen LogP contribution in [0.15, 0.2) is 30.3 Å². The summed E-state index contributed by atoms with van der Waals surface area (Å²) >= 11 is 0. The fourth-order valence-corrected chi connectivity index (χ4v) is 2.74. The van der Waals surface area contributed by atoms with Gasteiger partial charge in [-0.15, -0.1) is 0 Å². The molecule has 1 amide bonds. The van der Waals surface area contributed by atoms with E-state index >= 15 is 0 Å². The highest BCUT2D eigenvalue weighted by atomic mass is 19.1. The van der Waals surface area contributed by atoms with Gasteiger partial charge in [0.05, 0.1) is 17.8 Å². The molecule has 0 unspecified atom stereocenters. The zero-order chi connectivity index (χ0) is 15.5. The summed E-state index contributed by atoms with van der Waals surface area (Å²) in [5.74, 6) is -0.144. The Labute approximate surface area is 128 Å². The number of carbonyl (C=O) groups excluding carboxylic acids is 1. The van der Waals surface area contributed by atoms with Crippen molar-refractivity contribution in [1.82, 2.24) is 15.1 Å². The van der Waals surface area contributed by atoms with Gasteiger partial charge in [0.15, 0.2) is 0 Å². The molecule has 2 aromatic rings. The third-order valence-electron chi connectivity index (χ3n) is 3.92. The maximum absolute atomic E-state index is 13.8. The number of carbonyl (C=O) groups is 1. The lowest BCUT2D eigenvalue weighted by atomic mass is 10.2. The summed E-state index contributed by atoms with van der Waals surface area (Å²) in [6, 6.07) is 8.64. The number of benzene rings is 1. The standard InChI is InChI=1S/C16H19FN4O/c1-12-10-13(19-18-12)11-16(22)21-8-6-20(7-9-21)15-5-3-2-4-14(15)17/h2-5,10H,6-9,11H2,1H3,(H,18,19). The van der Waals surface area contributed by atoms with E-state index in [2.05, 4.69) is 10.2 Å². The van der Waals surface area contributed by atoms with Gasteiger partial charge in [-0.05, 0) is 25.1 Å². The number of amides is 1. The summed E-state index contributed by atoms with van der Waals surface area (Å²) in [5, 5.41) is 6.93. The Balaban J connectivity index is 1.57. The van der Waals surface area contributed by atoms with Crippen LogP contribution < -0.4 is 4.90 Å². The molecule has 1 aromatic carbocycles. The van der Waals surface area contributed by atoms with Crippen LogP contribution in [-0.2, 0) is 11.2 Å². The quantitative estimate of drug-likeness (QED) is 0.940. The van der Waals surface area contributed by atoms with Crippen LogP contribution in [0.3, 0.4) is 0 Å². The monoisotopic (exact) mass is 302 g/mol. The Morgan fingerprint density at radius 1 is 1.27 bits per heavy atom. The van der Waals surface area contributed by atoms with E-state index in [1.165, 1.54) is 6.07 Å². The zero-order valence-electron chi connectivity index (χ0n) is 12.6. The number of aryl methyl sites for hydroxylation is 1. The lowest BCUT2D eigenvalue weighted by Gasteiger charge is -2.36. The van der Waals surface area contributed by atoms with Crippen LogP contribution in [0.4, 0.5) is 10.1 Å². The number of nitrogens with zero attached hydrogens (tertiary/aromatic N) is 3. The fourth-order valence-electron chi connectivity index (χ4n) is 2.74. The normalized spacial score (nSPS) is 15.2. The van der Waals surface area contributed by atoms with Crippen molar-refractivity contribution in [1.29, 1.82) is 0 Å². The summed E-state index contributed by atoms with van der Waals surface area (Å²) in [6.07, 6.45) is 0.310. The average Bonchev–Trinajstić information content (AvgIpc) is 2.93. The summed E-state index contributed by atoms with van der Waals surface area (Å²) < 4.78 is 13.8. The zero-order valence-corrected chi connectivity index (χ0v) is 12.6. The van der Waals surface area contributed by atoms with Gasteiger partial charge in [-0.1, -0.05) is 12.1 Å². The van der Waals surface area contributed by atoms with Gasteiger partial charge >= 0.3 is 0 Å². The van der Waals surface area contributed by atoms with Gasteiger partial charge in [0.25, 0.3) is 0 Å². The number of hydrogen-bond donors (Lipinski definition) is 1. The van der Waals surface area contributed by atoms with Crippen LogP contribution in [-0.4, -0.2) is 47.2 Å². The van der Waals surface area contributed by atoms with Crippen LogP contribution >= 0.6 is 0 Å². The van der Waals surface area contributed by atoms with Gasteiger partial charge in [0, 0.05) is 31.9 Å². The molecule has 1 aromatic heterocycles. The molecule has 1 fully saturated rings. The smallest absolute Gasteiger partial charge is 0.228 e. The molecule has 6 heteroatoms. The first-order valence-corrected chi connectivity index (χ1v) is 7.41. The van der Waals surface area contributed by atoms with Crippen LogP contribution in [0.5, 0.6) is 0 Å². The molecule has 0 bridgehead atoms. The Hall–Kier alpha value is -2.37. The first-order valence-electron chi connectivity index (χ1n) is 7.41. The Kier molecular flexibility index (Phi) is 4.09. The molecular formula is C16H19FN4O. The van der Waals surface area contributed by atoms with E-state index < -0.39 is 0 Å². The number of nitrogens with one attached hydrogen (secondary N) is 1. The van der Waals surface area contributed by atoms with E-state index in [-0.39, 0.29) is 11.7 Å². The average molecular weight is 302 g/mol. The largest absolute Gasteiger partial charge is 0.366 e. The maximum atomic E-state index is 13.8. The molecule has 1 saturated heterocycles. The van der Waals surface area contributed by atoms with Gasteiger partial charge < -0.3 is 9.80 Å². The third kappa shape index (κ3) is 3.10. The van der Waals surface area contributed by atoms with E-state index in [0.717, 1.165) is 11.4 Å². The molecule has 0 atom stereocenters. The Morgan fingerprint density at radius 3 is 2.64 bits per heavy atom. The minimum atomic E-state index is -0.214. The van der Waals surface area contributed by atoms with Crippen molar-refractivity contribution < 1.29 is 9.18 Å². The van der Waals surface area contributed by atoms with E-state index in [4.69, 9.17) is 0 Å². The second kappa shape index (κ2) is 6.17. The predicted octanol–water partition coefficient (Wildman–Crippen LogP) is 1.75. The lowest BCUT2D eigenvalue weighted by molar-refractivity contribution is -0.130. The number of rotatable bonds is 3. The fraction of sp³-hybridized carbons (Fsp3) is 0.375. The SMILES string of the molecule is Cc1cc(CC(=O)N2CCN(c3ccccc3F)CC2)n[nH]1. The molecular weight excluding hydrogens is 283 g/mol. The summed E-state index contributed by atoms with van der Waals surface area (Å²) in [6.45, 7) is 4.42. The highest BCUT2D eigenvalue weighted by Gasteiger charge is 2.23. The molecule has 5 nitrogen and oxygen atoms in total. The second-order valence-electron chi connectivity index (χ2n) is 5.54. The van der Waals surface area contributed by atoms with Crippen LogP contribution in [0.25, 0.3) is 0 Å². The molecule has 0 radical (unpaired) electrons. The van der Waals surface area contributed by atoms with E-state index in [1.54, 1.807) is 12.1 Å². The summed E-state index contributed by atoms with van der Waals surface area (Å²) in [7, 11) is 0. The van der Waals surface area contributed by atoms with Crippen molar-refractivity contribution in [3.63, 3.8) is 0 Å². The molecule has 116 valence electrons. The van der Waals surface area contributed by atoms with E-state index in [1.807, 2.05) is 28.9 Å². The number of aromatic amines is 1. The first-order chi connectivity index (χ1) is 10.6. The van der Waals surface area contributed by atoms with Crippen molar-refractivity contribution in [3.8, 4) is 0 Å². The van der Waals surface area contributed by atoms with Gasteiger partial charge in [-0.25, -0.2) is 4.39 Å². The number of halogens is 1. The van der Waals surface area contributed by atoms with Gasteiger partial charge in [-0.2, -0.15) is 5.10 Å². The molecule has 3 rings (SSSR count). The van der Waals surface area contributed by atoms with Crippen molar-refractivity contribution in [2.24, 2.45) is 0 Å². The number of para-hydroxylation sites is 1.